The molecule has 12 heteroatoms. The predicted octanol–water partition coefficient (Wildman–Crippen LogP) is 3.93. The van der Waals surface area contributed by atoms with Crippen LogP contribution < -0.4 is 5.32 Å². The number of hydrogen-bond donors (Lipinski definition) is 1. The fourth-order valence-corrected chi connectivity index (χ4v) is 5.04. The maximum atomic E-state index is 12.3. The number of carbonyl (C=O) groups is 1. The molecule has 0 radical (unpaired) electrons. The van der Waals surface area contributed by atoms with Crippen molar-refractivity contribution < 1.29 is 36.6 Å². The topological polar surface area (TPSA) is 95.7 Å². The molecule has 0 aromatic carbocycles. The minimum Gasteiger partial charge on any atom is -0.450 e. The summed E-state index contributed by atoms with van der Waals surface area (Å²) in [4.78, 5) is 12.0. The highest BCUT2D eigenvalue weighted by Crippen LogP contribution is 2.46. The molecule has 1 aromatic heterocycles. The first-order valence-corrected chi connectivity index (χ1v) is 14.3. The predicted molar refractivity (Wildman–Crippen MR) is 104 cm³/mol. The Hall–Kier alpha value is -1.66. The Morgan fingerprint density at radius 3 is 2.45 bits per heavy atom. The number of alkyl carbamates (subject to hydrolysis) is 1. The maximum Gasteiger partial charge on any atom is 0.522 e. The molecule has 8 nitrogen and oxygen atoms in total. The van der Waals surface area contributed by atoms with E-state index in [1.165, 1.54) is 0 Å². The highest BCUT2D eigenvalue weighted by atomic mass is 28.3. The van der Waals surface area contributed by atoms with Crippen LogP contribution in [0.1, 0.15) is 49.3 Å². The number of hydrogen-bond acceptors (Lipinski definition) is 7. The van der Waals surface area contributed by atoms with Crippen LogP contribution in [-0.2, 0) is 14.2 Å². The van der Waals surface area contributed by atoms with E-state index in [2.05, 4.69) is 39.9 Å². The first kappa shape index (κ1) is 22.5. The van der Waals surface area contributed by atoms with E-state index < -0.39 is 26.6 Å². The number of nitrogens with one attached hydrogen (secondary N) is 1. The summed E-state index contributed by atoms with van der Waals surface area (Å²) in [6.07, 6.45) is -4.52. The van der Waals surface area contributed by atoms with Gasteiger partial charge in [0, 0.05) is 14.0 Å². The largest absolute Gasteiger partial charge is 0.522 e. The van der Waals surface area contributed by atoms with Crippen molar-refractivity contribution in [3.63, 3.8) is 0 Å². The molecule has 31 heavy (non-hydrogen) atoms. The standard InChI is InChI=1S/C19H28F3N3O5Si/c1-31(2,3)5-4-27-18(26)23-13-9-14-12(8-15(13)28-14)17-25-24-16(29-17)10-6-11(7-10)30-19(20,21)22/h10-15H,4-9H2,1-3H3,(H,23,26). The van der Waals surface area contributed by atoms with Gasteiger partial charge in [0.1, 0.15) is 0 Å². The van der Waals surface area contributed by atoms with Gasteiger partial charge >= 0.3 is 12.5 Å². The van der Waals surface area contributed by atoms with Gasteiger partial charge in [-0.2, -0.15) is 0 Å². The number of aromatic nitrogens is 2. The van der Waals surface area contributed by atoms with Crippen molar-refractivity contribution in [1.82, 2.24) is 15.5 Å². The fourth-order valence-electron chi connectivity index (χ4n) is 4.33. The van der Waals surface area contributed by atoms with E-state index in [1.54, 1.807) is 0 Å². The minimum atomic E-state index is -4.62. The van der Waals surface area contributed by atoms with Gasteiger partial charge in [-0.05, 0) is 31.7 Å². The third-order valence-corrected chi connectivity index (χ3v) is 7.83. The number of alkyl halides is 3. The van der Waals surface area contributed by atoms with Crippen LogP contribution in [0.25, 0.3) is 0 Å². The summed E-state index contributed by atoms with van der Waals surface area (Å²) in [7, 11) is -1.26. The molecule has 3 heterocycles. The SMILES string of the molecule is C[Si](C)(C)CCOC(=O)NC1CC2OC1CC2c1nnc(C2CC(OC(F)(F)F)C2)o1. The van der Waals surface area contributed by atoms with Gasteiger partial charge in [-0.1, -0.05) is 19.6 Å². The molecular weight excluding hydrogens is 435 g/mol. The minimum absolute atomic E-state index is 0.0745. The second-order valence-electron chi connectivity index (χ2n) is 9.82. The normalized spacial score (nSPS) is 32.7. The molecule has 3 fully saturated rings. The summed E-state index contributed by atoms with van der Waals surface area (Å²) in [6.45, 7) is 7.09. The monoisotopic (exact) mass is 463 g/mol. The van der Waals surface area contributed by atoms with Crippen molar-refractivity contribution in [2.75, 3.05) is 6.61 Å². The first-order valence-electron chi connectivity index (χ1n) is 10.6. The van der Waals surface area contributed by atoms with Crippen molar-refractivity contribution in [2.45, 2.75) is 93.9 Å². The van der Waals surface area contributed by atoms with Crippen molar-refractivity contribution >= 4 is 14.2 Å². The Balaban J connectivity index is 1.22. The van der Waals surface area contributed by atoms with Crippen molar-refractivity contribution in [2.24, 2.45) is 0 Å². The Kier molecular flexibility index (Phi) is 6.07. The third kappa shape index (κ3) is 5.58. The molecule has 2 aliphatic heterocycles. The molecule has 174 valence electrons. The number of ether oxygens (including phenoxy) is 3. The molecule has 1 saturated carbocycles. The molecule has 4 rings (SSSR count). The number of halogens is 3. The summed E-state index contributed by atoms with van der Waals surface area (Å²) >= 11 is 0. The fraction of sp³-hybridized carbons (Fsp3) is 0.842. The quantitative estimate of drug-likeness (QED) is 0.612. The Morgan fingerprint density at radius 2 is 1.84 bits per heavy atom. The van der Waals surface area contributed by atoms with Crippen LogP contribution in [0.15, 0.2) is 4.42 Å². The second-order valence-corrected chi connectivity index (χ2v) is 15.4. The molecule has 1 N–H and O–H groups in total. The van der Waals surface area contributed by atoms with E-state index in [0.29, 0.717) is 31.2 Å². The van der Waals surface area contributed by atoms with E-state index >= 15 is 0 Å². The molecule has 1 aromatic rings. The Morgan fingerprint density at radius 1 is 1.13 bits per heavy atom. The lowest BCUT2D eigenvalue weighted by atomic mass is 9.82. The lowest BCUT2D eigenvalue weighted by Crippen LogP contribution is -2.43. The summed E-state index contributed by atoms with van der Waals surface area (Å²) < 4.78 is 57.8. The molecule has 0 spiro atoms. The molecule has 4 unspecified atom stereocenters. The molecule has 1 amide bonds. The van der Waals surface area contributed by atoms with Crippen LogP contribution in [0.4, 0.5) is 18.0 Å². The zero-order chi connectivity index (χ0) is 22.4. The number of carbonyl (C=O) groups excluding carboxylic acids is 1. The molecular formula is C19H28F3N3O5Si. The van der Waals surface area contributed by atoms with Gasteiger partial charge in [0.2, 0.25) is 11.8 Å². The number of fused-ring (bicyclic) bond motifs is 2. The van der Waals surface area contributed by atoms with Gasteiger partial charge in [0.05, 0.1) is 36.9 Å². The first-order chi connectivity index (χ1) is 14.5. The van der Waals surface area contributed by atoms with Gasteiger partial charge in [0.15, 0.2) is 0 Å². The number of nitrogens with zero attached hydrogens (tertiary/aromatic N) is 2. The zero-order valence-corrected chi connectivity index (χ0v) is 18.8. The van der Waals surface area contributed by atoms with Crippen molar-refractivity contribution in [1.29, 1.82) is 0 Å². The van der Waals surface area contributed by atoms with Crippen molar-refractivity contribution in [3.8, 4) is 0 Å². The summed E-state index contributed by atoms with van der Waals surface area (Å²) in [5.41, 5.74) is 0. The maximum absolute atomic E-state index is 12.3. The third-order valence-electron chi connectivity index (χ3n) is 6.13. The number of rotatable bonds is 7. The van der Waals surface area contributed by atoms with Gasteiger partial charge in [-0.15, -0.1) is 23.4 Å². The highest BCUT2D eigenvalue weighted by molar-refractivity contribution is 6.76. The van der Waals surface area contributed by atoms with Crippen molar-refractivity contribution in [3.05, 3.63) is 11.8 Å². The van der Waals surface area contributed by atoms with Crippen LogP contribution >= 0.6 is 0 Å². The van der Waals surface area contributed by atoms with Crippen LogP contribution in [0, 0.1) is 0 Å². The summed E-state index contributed by atoms with van der Waals surface area (Å²) in [6, 6.07) is 0.800. The molecule has 4 atom stereocenters. The average molecular weight is 464 g/mol. The van der Waals surface area contributed by atoms with Gasteiger partial charge in [0.25, 0.3) is 0 Å². The summed E-state index contributed by atoms with van der Waals surface area (Å²) in [5.74, 6) is 0.502. The highest BCUT2D eigenvalue weighted by Gasteiger charge is 2.51. The van der Waals surface area contributed by atoms with Crippen LogP contribution in [0.2, 0.25) is 25.7 Å². The van der Waals surface area contributed by atoms with Crippen LogP contribution in [0.3, 0.4) is 0 Å². The van der Waals surface area contributed by atoms with Gasteiger partial charge in [-0.3, -0.25) is 4.74 Å². The van der Waals surface area contributed by atoms with E-state index in [0.717, 1.165) is 6.04 Å². The Labute approximate surface area is 179 Å². The zero-order valence-electron chi connectivity index (χ0n) is 17.8. The lowest BCUT2D eigenvalue weighted by molar-refractivity contribution is -0.352. The smallest absolute Gasteiger partial charge is 0.450 e. The van der Waals surface area contributed by atoms with E-state index in [1.807, 2.05) is 0 Å². The van der Waals surface area contributed by atoms with Gasteiger partial charge in [-0.25, -0.2) is 4.79 Å². The molecule has 2 saturated heterocycles. The molecule has 2 bridgehead atoms. The lowest BCUT2D eigenvalue weighted by Gasteiger charge is -2.32. The van der Waals surface area contributed by atoms with E-state index in [9.17, 15) is 18.0 Å². The average Bonchev–Trinajstić information content (AvgIpc) is 3.30. The summed E-state index contributed by atoms with van der Waals surface area (Å²) in [5, 5.41) is 11.0. The van der Waals surface area contributed by atoms with Crippen LogP contribution in [-0.4, -0.2) is 61.7 Å². The number of amides is 1. The molecule has 1 aliphatic carbocycles. The van der Waals surface area contributed by atoms with E-state index in [-0.39, 0.29) is 42.9 Å². The second kappa shape index (κ2) is 8.36. The molecule has 3 aliphatic rings. The van der Waals surface area contributed by atoms with Crippen LogP contribution in [0.5, 0.6) is 0 Å². The van der Waals surface area contributed by atoms with E-state index in [4.69, 9.17) is 13.9 Å². The van der Waals surface area contributed by atoms with Gasteiger partial charge < -0.3 is 19.2 Å². The Bertz CT molecular complexity index is 793.